The molecule has 0 N–H and O–H groups in total. The van der Waals surface area contributed by atoms with Crippen LogP contribution < -0.4 is 0 Å². The van der Waals surface area contributed by atoms with Gasteiger partial charge in [0.2, 0.25) is 0 Å². The van der Waals surface area contributed by atoms with E-state index < -0.39 is 0 Å². The summed E-state index contributed by atoms with van der Waals surface area (Å²) in [5.74, 6) is 0.363. The Bertz CT molecular complexity index is 157. The van der Waals surface area contributed by atoms with Crippen LogP contribution in [0.3, 0.4) is 0 Å². The van der Waals surface area contributed by atoms with Crippen molar-refractivity contribution in [3.63, 3.8) is 0 Å². The zero-order chi connectivity index (χ0) is 8.85. The summed E-state index contributed by atoms with van der Waals surface area (Å²) in [6, 6.07) is 0. The fourth-order valence-electron chi connectivity index (χ4n) is 0.422. The van der Waals surface area contributed by atoms with Crippen molar-refractivity contribution in [1.29, 1.82) is 0 Å². The molecule has 0 aromatic rings. The van der Waals surface area contributed by atoms with Gasteiger partial charge >= 0.3 is 5.97 Å². The van der Waals surface area contributed by atoms with Crippen LogP contribution in [0.15, 0.2) is 12.2 Å². The van der Waals surface area contributed by atoms with E-state index in [1.54, 1.807) is 6.92 Å². The summed E-state index contributed by atoms with van der Waals surface area (Å²) >= 11 is 3.94. The summed E-state index contributed by atoms with van der Waals surface area (Å²) in [5.41, 5.74) is 0.431. The second kappa shape index (κ2) is 5.55. The zero-order valence-corrected chi connectivity index (χ0v) is 8.37. The molecule has 0 aromatic carbocycles. The van der Waals surface area contributed by atoms with Gasteiger partial charge < -0.3 is 4.74 Å². The molecule has 0 aromatic heterocycles. The molecule has 0 radical (unpaired) electrons. The van der Waals surface area contributed by atoms with E-state index in [9.17, 15) is 4.79 Å². The van der Waals surface area contributed by atoms with Crippen molar-refractivity contribution in [1.82, 2.24) is 0 Å². The van der Waals surface area contributed by atoms with Crippen LogP contribution in [0.4, 0.5) is 0 Å². The van der Waals surface area contributed by atoms with E-state index in [2.05, 4.69) is 18.2 Å². The van der Waals surface area contributed by atoms with Crippen LogP contribution in [0, 0.1) is 0 Å². The quantitative estimate of drug-likeness (QED) is 0.320. The molecule has 0 aliphatic rings. The third-order valence-corrected chi connectivity index (χ3v) is 2.03. The predicted octanol–water partition coefficient (Wildman–Crippen LogP) is 2.07. The van der Waals surface area contributed by atoms with Crippen LogP contribution in [0.1, 0.15) is 13.8 Å². The first-order chi connectivity index (χ1) is 5.07. The topological polar surface area (TPSA) is 26.3 Å². The average molecular weight is 192 g/mol. The molecule has 0 aliphatic carbocycles. The van der Waals surface area contributed by atoms with Gasteiger partial charge in [-0.1, -0.05) is 17.4 Å². The Balaban J connectivity index is 3.66. The van der Waals surface area contributed by atoms with E-state index in [4.69, 9.17) is 4.74 Å². The van der Waals surface area contributed by atoms with Crippen molar-refractivity contribution in [2.24, 2.45) is 0 Å². The largest absolute Gasteiger partial charge is 0.458 e. The highest BCUT2D eigenvalue weighted by atomic mass is 33.1. The lowest BCUT2D eigenvalue weighted by Gasteiger charge is -2.10. The minimum atomic E-state index is -0.333. The SMILES string of the molecule is C=C(C)C(=O)OC(C)CSS. The smallest absolute Gasteiger partial charge is 0.333 e. The standard InChI is InChI=1S/C7H12O2S2/c1-5(2)7(8)9-6(3)4-11-10/h6,10H,1,4H2,2-3H3. The van der Waals surface area contributed by atoms with Gasteiger partial charge in [0.1, 0.15) is 6.10 Å². The lowest BCUT2D eigenvalue weighted by molar-refractivity contribution is -0.142. The number of esters is 1. The summed E-state index contributed by atoms with van der Waals surface area (Å²) in [5, 5.41) is 0. The first-order valence-corrected chi connectivity index (χ1v) is 5.24. The summed E-state index contributed by atoms with van der Waals surface area (Å²) in [7, 11) is 1.35. The Kier molecular flexibility index (Phi) is 5.50. The Labute approximate surface area is 76.2 Å². The molecule has 64 valence electrons. The van der Waals surface area contributed by atoms with Gasteiger partial charge in [0.15, 0.2) is 0 Å². The minimum absolute atomic E-state index is 0.0956. The molecule has 0 saturated heterocycles. The fraction of sp³-hybridized carbons (Fsp3) is 0.571. The molecule has 2 nitrogen and oxygen atoms in total. The Morgan fingerprint density at radius 1 is 1.82 bits per heavy atom. The number of carbonyl (C=O) groups is 1. The molecule has 0 bridgehead atoms. The molecule has 0 amide bonds. The first-order valence-electron chi connectivity index (χ1n) is 3.20. The molecule has 0 spiro atoms. The van der Waals surface area contributed by atoms with Gasteiger partial charge in [0, 0.05) is 11.3 Å². The normalized spacial score (nSPS) is 12.3. The van der Waals surface area contributed by atoms with E-state index in [1.165, 1.54) is 10.8 Å². The van der Waals surface area contributed by atoms with Gasteiger partial charge in [0.05, 0.1) is 0 Å². The van der Waals surface area contributed by atoms with E-state index >= 15 is 0 Å². The summed E-state index contributed by atoms with van der Waals surface area (Å²) in [4.78, 5) is 10.9. The number of ether oxygens (including phenoxy) is 1. The van der Waals surface area contributed by atoms with Gasteiger partial charge in [0.25, 0.3) is 0 Å². The number of rotatable bonds is 4. The Morgan fingerprint density at radius 2 is 2.36 bits per heavy atom. The lowest BCUT2D eigenvalue weighted by atomic mass is 10.3. The van der Waals surface area contributed by atoms with Crippen molar-refractivity contribution in [3.05, 3.63) is 12.2 Å². The number of thiol groups is 1. The van der Waals surface area contributed by atoms with Gasteiger partial charge in [-0.3, -0.25) is 0 Å². The second-order valence-electron chi connectivity index (χ2n) is 2.29. The molecule has 0 rings (SSSR count). The van der Waals surface area contributed by atoms with Crippen molar-refractivity contribution in [3.8, 4) is 0 Å². The van der Waals surface area contributed by atoms with Crippen LogP contribution >= 0.6 is 22.5 Å². The van der Waals surface area contributed by atoms with E-state index in [0.717, 1.165) is 0 Å². The summed E-state index contributed by atoms with van der Waals surface area (Å²) in [6.07, 6.45) is -0.0956. The van der Waals surface area contributed by atoms with Crippen molar-refractivity contribution in [2.75, 3.05) is 5.75 Å². The molecule has 0 heterocycles. The predicted molar refractivity (Wildman–Crippen MR) is 51.8 cm³/mol. The summed E-state index contributed by atoms with van der Waals surface area (Å²) < 4.78 is 4.94. The van der Waals surface area contributed by atoms with Gasteiger partial charge in [-0.25, -0.2) is 4.79 Å². The van der Waals surface area contributed by atoms with Crippen LogP contribution in [0.2, 0.25) is 0 Å². The highest BCUT2D eigenvalue weighted by molar-refractivity contribution is 8.68. The fourth-order valence-corrected chi connectivity index (χ4v) is 1.33. The summed E-state index contributed by atoms with van der Waals surface area (Å²) in [6.45, 7) is 6.92. The van der Waals surface area contributed by atoms with Gasteiger partial charge in [-0.05, 0) is 13.8 Å². The zero-order valence-electron chi connectivity index (χ0n) is 6.66. The lowest BCUT2D eigenvalue weighted by Crippen LogP contribution is -2.16. The molecule has 1 atom stereocenters. The highest BCUT2D eigenvalue weighted by Gasteiger charge is 2.08. The third-order valence-electron chi connectivity index (χ3n) is 0.966. The van der Waals surface area contributed by atoms with Crippen molar-refractivity contribution in [2.45, 2.75) is 20.0 Å². The second-order valence-corrected chi connectivity index (χ2v) is 3.66. The average Bonchev–Trinajstić information content (AvgIpc) is 1.87. The number of carbonyl (C=O) groups excluding carboxylic acids is 1. The molecule has 0 saturated carbocycles. The Morgan fingerprint density at radius 3 is 2.73 bits per heavy atom. The highest BCUT2D eigenvalue weighted by Crippen LogP contribution is 2.09. The van der Waals surface area contributed by atoms with E-state index in [-0.39, 0.29) is 12.1 Å². The van der Waals surface area contributed by atoms with Crippen LogP contribution in [-0.4, -0.2) is 17.8 Å². The van der Waals surface area contributed by atoms with Gasteiger partial charge in [-0.2, -0.15) is 0 Å². The monoisotopic (exact) mass is 192 g/mol. The minimum Gasteiger partial charge on any atom is -0.458 e. The van der Waals surface area contributed by atoms with Crippen molar-refractivity contribution >= 4 is 28.4 Å². The van der Waals surface area contributed by atoms with E-state index in [0.29, 0.717) is 11.3 Å². The molecule has 0 aliphatic heterocycles. The molecule has 11 heavy (non-hydrogen) atoms. The molecule has 0 fully saturated rings. The molecule has 1 unspecified atom stereocenters. The molecule has 4 heteroatoms. The Hall–Kier alpha value is -0.0900. The van der Waals surface area contributed by atoms with Crippen molar-refractivity contribution < 1.29 is 9.53 Å². The maximum absolute atomic E-state index is 10.9. The maximum atomic E-state index is 10.9. The number of hydrogen-bond donors (Lipinski definition) is 1. The molecular weight excluding hydrogens is 180 g/mol. The van der Waals surface area contributed by atoms with Crippen LogP contribution in [0.25, 0.3) is 0 Å². The maximum Gasteiger partial charge on any atom is 0.333 e. The first kappa shape index (κ1) is 10.9. The van der Waals surface area contributed by atoms with Crippen LogP contribution in [0.5, 0.6) is 0 Å². The van der Waals surface area contributed by atoms with Crippen LogP contribution in [-0.2, 0) is 9.53 Å². The van der Waals surface area contributed by atoms with E-state index in [1.807, 2.05) is 6.92 Å². The number of hydrogen-bond acceptors (Lipinski definition) is 4. The van der Waals surface area contributed by atoms with Gasteiger partial charge in [-0.15, -0.1) is 11.7 Å². The third kappa shape index (κ3) is 5.21. The molecular formula is C7H12O2S2.